The summed E-state index contributed by atoms with van der Waals surface area (Å²) in [7, 11) is 1.77. The number of H-pyrrole nitrogens is 1. The molecule has 0 radical (unpaired) electrons. The Labute approximate surface area is 190 Å². The van der Waals surface area contributed by atoms with Crippen LogP contribution in [0.3, 0.4) is 0 Å². The molecule has 0 saturated carbocycles. The number of nitrogens with zero attached hydrogens (tertiary/aromatic N) is 4. The zero-order valence-corrected chi connectivity index (χ0v) is 19.9. The average molecular weight is 438 g/mol. The molecule has 0 bridgehead atoms. The Balaban J connectivity index is 1.63. The first-order chi connectivity index (χ1) is 15.3. The average Bonchev–Trinajstić information content (AvgIpc) is 3.13. The van der Waals surface area contributed by atoms with Gasteiger partial charge in [-0.15, -0.1) is 0 Å². The Kier molecular flexibility index (Phi) is 6.51. The lowest BCUT2D eigenvalue weighted by Gasteiger charge is -2.50. The fraction of sp³-hybridized carbons (Fsp3) is 0.520. The number of piperazine rings is 1. The Morgan fingerprint density at radius 1 is 1.25 bits per heavy atom. The smallest absolute Gasteiger partial charge is 0.156 e. The van der Waals surface area contributed by atoms with E-state index < -0.39 is 0 Å². The Morgan fingerprint density at radius 3 is 2.72 bits per heavy atom. The molecule has 1 aromatic carbocycles. The second-order valence-corrected chi connectivity index (χ2v) is 9.60. The minimum Gasteiger partial charge on any atom is -0.508 e. The number of hydrogen-bond acceptors (Lipinski definition) is 6. The lowest BCUT2D eigenvalue weighted by molar-refractivity contribution is -0.0196. The number of phenolic OH excluding ortho intramolecular Hbond substituents is 1. The van der Waals surface area contributed by atoms with E-state index in [0.717, 1.165) is 67.2 Å². The van der Waals surface area contributed by atoms with Crippen LogP contribution in [0.25, 0.3) is 22.3 Å². The summed E-state index contributed by atoms with van der Waals surface area (Å²) in [5.41, 5.74) is 4.94. The van der Waals surface area contributed by atoms with Gasteiger partial charge in [0.05, 0.1) is 11.4 Å². The first kappa shape index (κ1) is 22.7. The lowest BCUT2D eigenvalue weighted by atomic mass is 9.94. The fourth-order valence-electron chi connectivity index (χ4n) is 4.81. The Morgan fingerprint density at radius 2 is 2.00 bits per heavy atom. The van der Waals surface area contributed by atoms with Crippen LogP contribution >= 0.6 is 0 Å². The third-order valence-electron chi connectivity index (χ3n) is 6.66. The number of aromatic amines is 1. The third kappa shape index (κ3) is 4.65. The van der Waals surface area contributed by atoms with E-state index in [9.17, 15) is 5.11 Å². The summed E-state index contributed by atoms with van der Waals surface area (Å²) in [4.78, 5) is 9.99. The van der Waals surface area contributed by atoms with E-state index in [1.165, 1.54) is 5.56 Å². The van der Waals surface area contributed by atoms with Crippen molar-refractivity contribution < 1.29 is 9.84 Å². The number of aromatic nitrogens is 3. The van der Waals surface area contributed by atoms with Crippen molar-refractivity contribution in [2.24, 2.45) is 0 Å². The Hall–Kier alpha value is -2.48. The summed E-state index contributed by atoms with van der Waals surface area (Å²) in [5.74, 6) is 0.256. The molecule has 0 amide bonds. The van der Waals surface area contributed by atoms with Gasteiger partial charge in [-0.3, -0.25) is 14.9 Å². The molecule has 1 aliphatic rings. The minimum atomic E-state index is 0.0471. The largest absolute Gasteiger partial charge is 0.508 e. The van der Waals surface area contributed by atoms with E-state index in [0.29, 0.717) is 6.04 Å². The van der Waals surface area contributed by atoms with Gasteiger partial charge in [0, 0.05) is 62.4 Å². The quantitative estimate of drug-likeness (QED) is 0.545. The molecular weight excluding hydrogens is 402 g/mol. The van der Waals surface area contributed by atoms with Gasteiger partial charge in [0.15, 0.2) is 5.65 Å². The van der Waals surface area contributed by atoms with Gasteiger partial charge in [-0.05, 0) is 70.0 Å². The van der Waals surface area contributed by atoms with Crippen LogP contribution in [-0.4, -0.2) is 75.0 Å². The van der Waals surface area contributed by atoms with Crippen LogP contribution in [-0.2, 0) is 11.3 Å². The van der Waals surface area contributed by atoms with Crippen molar-refractivity contribution >= 4 is 11.0 Å². The highest BCUT2D eigenvalue weighted by Crippen LogP contribution is 2.31. The number of aryl methyl sites for hydroxylation is 1. The molecule has 1 unspecified atom stereocenters. The summed E-state index contributed by atoms with van der Waals surface area (Å²) in [5, 5.41) is 18.3. The lowest BCUT2D eigenvalue weighted by Crippen LogP contribution is -2.62. The van der Waals surface area contributed by atoms with Gasteiger partial charge in [-0.2, -0.15) is 5.10 Å². The second kappa shape index (κ2) is 9.17. The Bertz CT molecular complexity index is 1060. The van der Waals surface area contributed by atoms with Crippen molar-refractivity contribution in [2.75, 3.05) is 33.4 Å². The maximum atomic E-state index is 9.67. The second-order valence-electron chi connectivity index (χ2n) is 9.60. The molecule has 7 nitrogen and oxygen atoms in total. The van der Waals surface area contributed by atoms with Gasteiger partial charge < -0.3 is 9.84 Å². The molecule has 172 valence electrons. The fourth-order valence-corrected chi connectivity index (χ4v) is 4.81. The van der Waals surface area contributed by atoms with Crippen molar-refractivity contribution in [3.8, 4) is 17.0 Å². The molecule has 1 fully saturated rings. The standard InChI is InChI=1S/C25H35N5O2/c1-17-14-30(25(3,4)16-29(17)11-6-12-32-5)15-20-13-22(19-7-9-21(31)10-8-19)26-24-23(20)18(2)27-28-24/h7-10,13,17,31H,6,11-12,14-16H2,1-5H3,(H,26,27,28). The summed E-state index contributed by atoms with van der Waals surface area (Å²) in [6.45, 7) is 13.8. The zero-order chi connectivity index (χ0) is 22.9. The SMILES string of the molecule is COCCCN1CC(C)(C)N(Cc2cc(-c3ccc(O)cc3)nc3[nH]nc(C)c23)CC1C. The van der Waals surface area contributed by atoms with Crippen LogP contribution in [0.4, 0.5) is 0 Å². The predicted molar refractivity (Wildman–Crippen MR) is 128 cm³/mol. The molecular formula is C25H35N5O2. The van der Waals surface area contributed by atoms with Crippen molar-refractivity contribution in [2.45, 2.75) is 52.2 Å². The summed E-state index contributed by atoms with van der Waals surface area (Å²) < 4.78 is 5.25. The van der Waals surface area contributed by atoms with E-state index in [1.54, 1.807) is 19.2 Å². The van der Waals surface area contributed by atoms with Crippen molar-refractivity contribution in [1.82, 2.24) is 25.0 Å². The normalized spacial score (nSPS) is 19.6. The van der Waals surface area contributed by atoms with Crippen molar-refractivity contribution in [3.63, 3.8) is 0 Å². The number of hydrogen-bond donors (Lipinski definition) is 2. The van der Waals surface area contributed by atoms with Crippen LogP contribution in [0.15, 0.2) is 30.3 Å². The number of fused-ring (bicyclic) bond motifs is 1. The maximum Gasteiger partial charge on any atom is 0.156 e. The van der Waals surface area contributed by atoms with E-state index in [1.807, 2.05) is 19.1 Å². The molecule has 1 atom stereocenters. The molecule has 0 spiro atoms. The number of nitrogens with one attached hydrogen (secondary N) is 1. The topological polar surface area (TPSA) is 77.5 Å². The molecule has 4 rings (SSSR count). The van der Waals surface area contributed by atoms with Crippen LogP contribution in [0, 0.1) is 6.92 Å². The molecule has 2 N–H and O–H groups in total. The maximum absolute atomic E-state index is 9.67. The molecule has 3 aromatic rings. The summed E-state index contributed by atoms with van der Waals surface area (Å²) in [6.07, 6.45) is 1.06. The van der Waals surface area contributed by atoms with E-state index >= 15 is 0 Å². The minimum absolute atomic E-state index is 0.0471. The van der Waals surface area contributed by atoms with E-state index in [-0.39, 0.29) is 11.3 Å². The van der Waals surface area contributed by atoms with Crippen LogP contribution in [0.5, 0.6) is 5.75 Å². The van der Waals surface area contributed by atoms with Gasteiger partial charge in [0.2, 0.25) is 0 Å². The molecule has 7 heteroatoms. The van der Waals surface area contributed by atoms with Crippen LogP contribution in [0.1, 0.15) is 38.4 Å². The number of rotatable bonds is 7. The third-order valence-corrected chi connectivity index (χ3v) is 6.66. The molecule has 2 aromatic heterocycles. The van der Waals surface area contributed by atoms with Crippen LogP contribution < -0.4 is 0 Å². The number of benzene rings is 1. The highest BCUT2D eigenvalue weighted by atomic mass is 16.5. The highest BCUT2D eigenvalue weighted by molar-refractivity contribution is 5.84. The number of phenols is 1. The van der Waals surface area contributed by atoms with E-state index in [4.69, 9.17) is 9.72 Å². The molecule has 32 heavy (non-hydrogen) atoms. The summed E-state index contributed by atoms with van der Waals surface area (Å²) in [6, 6.07) is 9.88. The first-order valence-corrected chi connectivity index (χ1v) is 11.4. The highest BCUT2D eigenvalue weighted by Gasteiger charge is 2.37. The monoisotopic (exact) mass is 437 g/mol. The predicted octanol–water partition coefficient (Wildman–Crippen LogP) is 3.96. The molecule has 0 aliphatic carbocycles. The van der Waals surface area contributed by atoms with Crippen LogP contribution in [0.2, 0.25) is 0 Å². The zero-order valence-electron chi connectivity index (χ0n) is 19.9. The van der Waals surface area contributed by atoms with Gasteiger partial charge in [0.1, 0.15) is 5.75 Å². The van der Waals surface area contributed by atoms with Gasteiger partial charge in [0.25, 0.3) is 0 Å². The van der Waals surface area contributed by atoms with Crippen molar-refractivity contribution in [3.05, 3.63) is 41.6 Å². The summed E-state index contributed by atoms with van der Waals surface area (Å²) >= 11 is 0. The number of methoxy groups -OCH3 is 1. The number of ether oxygens (including phenoxy) is 1. The van der Waals surface area contributed by atoms with Gasteiger partial charge in [-0.1, -0.05) is 0 Å². The first-order valence-electron chi connectivity index (χ1n) is 11.4. The molecule has 1 saturated heterocycles. The van der Waals surface area contributed by atoms with Gasteiger partial charge in [-0.25, -0.2) is 4.98 Å². The number of aromatic hydroxyl groups is 1. The molecule has 1 aliphatic heterocycles. The van der Waals surface area contributed by atoms with Gasteiger partial charge >= 0.3 is 0 Å². The van der Waals surface area contributed by atoms with Crippen molar-refractivity contribution in [1.29, 1.82) is 0 Å². The number of pyridine rings is 1. The molecule has 3 heterocycles. The van der Waals surface area contributed by atoms with E-state index in [2.05, 4.69) is 46.8 Å².